The van der Waals surface area contributed by atoms with Crippen molar-refractivity contribution in [3.63, 3.8) is 0 Å². The van der Waals surface area contributed by atoms with Crippen LogP contribution in [0.25, 0.3) is 5.69 Å². The molecule has 0 bridgehead atoms. The van der Waals surface area contributed by atoms with Gasteiger partial charge in [-0.15, -0.1) is 0 Å². The zero-order chi connectivity index (χ0) is 16.4. The average molecular weight is 326 g/mol. The van der Waals surface area contributed by atoms with Gasteiger partial charge in [0.15, 0.2) is 0 Å². The summed E-state index contributed by atoms with van der Waals surface area (Å²) in [4.78, 5) is 3.95. The van der Waals surface area contributed by atoms with Crippen molar-refractivity contribution >= 4 is 5.82 Å². The summed E-state index contributed by atoms with van der Waals surface area (Å²) >= 11 is 0. The third-order valence-electron chi connectivity index (χ3n) is 4.28. The number of hydrogen-bond acceptors (Lipinski definition) is 4. The lowest BCUT2D eigenvalue weighted by atomic mass is 10.1. The minimum Gasteiger partial charge on any atom is -0.370 e. The lowest BCUT2D eigenvalue weighted by Gasteiger charge is -2.25. The Bertz CT molecular complexity index is 810. The Morgan fingerprint density at radius 3 is 3.08 bits per heavy atom. The monoisotopic (exact) mass is 326 g/mol. The smallest absolute Gasteiger partial charge is 0.147 e. The highest BCUT2D eigenvalue weighted by molar-refractivity contribution is 5.37. The van der Waals surface area contributed by atoms with Crippen molar-refractivity contribution in [1.82, 2.24) is 24.6 Å². The van der Waals surface area contributed by atoms with Crippen LogP contribution in [0, 0.1) is 11.7 Å². The fraction of sp³-hybridized carbons (Fsp3) is 0.294. The first kappa shape index (κ1) is 14.9. The van der Waals surface area contributed by atoms with Crippen LogP contribution in [0.15, 0.2) is 49.2 Å². The molecule has 0 radical (unpaired) electrons. The molecular weight excluding hydrogens is 307 g/mol. The van der Waals surface area contributed by atoms with E-state index in [1.165, 1.54) is 0 Å². The minimum atomic E-state index is -0.243. The van der Waals surface area contributed by atoms with Gasteiger partial charge in [0, 0.05) is 50.6 Å². The van der Waals surface area contributed by atoms with E-state index in [-0.39, 0.29) is 5.82 Å². The van der Waals surface area contributed by atoms with Crippen molar-refractivity contribution in [3.8, 4) is 5.69 Å². The Hall–Kier alpha value is -2.67. The van der Waals surface area contributed by atoms with Crippen molar-refractivity contribution in [2.75, 3.05) is 18.4 Å². The largest absolute Gasteiger partial charge is 0.370 e. The Morgan fingerprint density at radius 1 is 1.29 bits per heavy atom. The van der Waals surface area contributed by atoms with Gasteiger partial charge in [0.25, 0.3) is 0 Å². The molecule has 1 aliphatic heterocycles. The predicted molar refractivity (Wildman–Crippen MR) is 89.4 cm³/mol. The van der Waals surface area contributed by atoms with E-state index in [2.05, 4.69) is 20.7 Å². The molecule has 0 saturated heterocycles. The van der Waals surface area contributed by atoms with Crippen LogP contribution >= 0.6 is 0 Å². The molecule has 1 aliphatic rings. The first-order valence-corrected chi connectivity index (χ1v) is 8.03. The van der Waals surface area contributed by atoms with Crippen molar-refractivity contribution in [3.05, 3.63) is 60.6 Å². The molecule has 3 heterocycles. The lowest BCUT2D eigenvalue weighted by Crippen LogP contribution is -2.35. The van der Waals surface area contributed by atoms with E-state index in [0.29, 0.717) is 18.2 Å². The van der Waals surface area contributed by atoms with Crippen LogP contribution in [0.2, 0.25) is 0 Å². The predicted octanol–water partition coefficient (Wildman–Crippen LogP) is 2.04. The summed E-state index contributed by atoms with van der Waals surface area (Å²) in [6.45, 7) is 3.32. The maximum Gasteiger partial charge on any atom is 0.147 e. The summed E-state index contributed by atoms with van der Waals surface area (Å²) in [5, 5.41) is 11.1. The van der Waals surface area contributed by atoms with Gasteiger partial charge in [-0.3, -0.25) is 0 Å². The summed E-state index contributed by atoms with van der Waals surface area (Å²) in [7, 11) is 0. The van der Waals surface area contributed by atoms with Crippen molar-refractivity contribution in [2.45, 2.75) is 13.1 Å². The van der Waals surface area contributed by atoms with E-state index in [1.54, 1.807) is 35.4 Å². The second-order valence-corrected chi connectivity index (χ2v) is 6.03. The van der Waals surface area contributed by atoms with Crippen LogP contribution in [0.4, 0.5) is 10.2 Å². The highest BCUT2D eigenvalue weighted by Crippen LogP contribution is 2.17. The Balaban J connectivity index is 1.33. The average Bonchev–Trinajstić information content (AvgIpc) is 3.26. The minimum absolute atomic E-state index is 0.243. The van der Waals surface area contributed by atoms with Gasteiger partial charge in [0.05, 0.1) is 18.2 Å². The molecule has 0 fully saturated rings. The molecule has 4 rings (SSSR count). The number of fused-ring (bicyclic) bond motifs is 1. The molecule has 0 amide bonds. The number of benzene rings is 1. The quantitative estimate of drug-likeness (QED) is 0.753. The Morgan fingerprint density at radius 2 is 2.25 bits per heavy atom. The van der Waals surface area contributed by atoms with Crippen molar-refractivity contribution < 1.29 is 4.39 Å². The molecule has 0 unspecified atom stereocenters. The third-order valence-corrected chi connectivity index (χ3v) is 4.28. The number of halogens is 1. The topological polar surface area (TPSA) is 59.7 Å². The molecule has 1 aromatic carbocycles. The molecule has 6 nitrogen and oxygen atoms in total. The maximum absolute atomic E-state index is 14.2. The molecule has 1 atom stereocenters. The number of nitrogens with zero attached hydrogens (tertiary/aromatic N) is 4. The molecule has 2 N–H and O–H groups in total. The maximum atomic E-state index is 14.2. The van der Waals surface area contributed by atoms with Crippen molar-refractivity contribution in [1.29, 1.82) is 0 Å². The second-order valence-electron chi connectivity index (χ2n) is 6.03. The fourth-order valence-electron chi connectivity index (χ4n) is 3.02. The number of nitrogens with one attached hydrogen (secondary N) is 2. The molecule has 24 heavy (non-hydrogen) atoms. The van der Waals surface area contributed by atoms with Gasteiger partial charge in [0.1, 0.15) is 11.6 Å². The van der Waals surface area contributed by atoms with Gasteiger partial charge < -0.3 is 15.2 Å². The summed E-state index contributed by atoms with van der Waals surface area (Å²) < 4.78 is 17.9. The summed E-state index contributed by atoms with van der Waals surface area (Å²) in [5.41, 5.74) is 1.44. The molecular formula is C17H19FN6. The van der Waals surface area contributed by atoms with Crippen molar-refractivity contribution in [2.24, 2.45) is 5.92 Å². The van der Waals surface area contributed by atoms with Crippen LogP contribution in [0.5, 0.6) is 0 Å². The summed E-state index contributed by atoms with van der Waals surface area (Å²) in [5.74, 6) is 1.30. The zero-order valence-electron chi connectivity index (χ0n) is 13.2. The van der Waals surface area contributed by atoms with Gasteiger partial charge >= 0.3 is 0 Å². The van der Waals surface area contributed by atoms with E-state index in [9.17, 15) is 4.39 Å². The van der Waals surface area contributed by atoms with Gasteiger partial charge in [0.2, 0.25) is 0 Å². The van der Waals surface area contributed by atoms with Crippen LogP contribution in [-0.2, 0) is 13.1 Å². The number of imidazole rings is 1. The Labute approximate surface area is 139 Å². The first-order valence-electron chi connectivity index (χ1n) is 8.03. The number of anilines is 1. The molecule has 3 aromatic rings. The molecule has 124 valence electrons. The molecule has 7 heteroatoms. The lowest BCUT2D eigenvalue weighted by molar-refractivity contribution is 0.391. The van der Waals surface area contributed by atoms with Crippen LogP contribution < -0.4 is 10.6 Å². The normalized spacial score (nSPS) is 16.6. The molecule has 0 aliphatic carbocycles. The van der Waals surface area contributed by atoms with E-state index >= 15 is 0 Å². The highest BCUT2D eigenvalue weighted by atomic mass is 19.1. The SMILES string of the molecule is Fc1cc(CNC[C@H]2CNc3ccnn3C2)ccc1-n1ccnc1. The van der Waals surface area contributed by atoms with Crippen LogP contribution in [-0.4, -0.2) is 32.4 Å². The van der Waals surface area contributed by atoms with E-state index in [1.807, 2.05) is 23.0 Å². The van der Waals surface area contributed by atoms with Crippen LogP contribution in [0.1, 0.15) is 5.56 Å². The standard InChI is InChI=1S/C17H19FN6/c18-15-7-13(1-2-16(15)23-6-5-19-12-23)8-20-9-14-10-21-17-3-4-22-24(17)11-14/h1-7,12,14,20-21H,8-11H2/t14-/m0/s1. The summed E-state index contributed by atoms with van der Waals surface area (Å²) in [6.07, 6.45) is 6.77. The zero-order valence-corrected chi connectivity index (χ0v) is 13.2. The van der Waals surface area contributed by atoms with Gasteiger partial charge in [-0.05, 0) is 17.7 Å². The van der Waals surface area contributed by atoms with E-state index in [0.717, 1.165) is 31.0 Å². The van der Waals surface area contributed by atoms with E-state index < -0.39 is 0 Å². The molecule has 2 aromatic heterocycles. The number of hydrogen-bond donors (Lipinski definition) is 2. The fourth-order valence-corrected chi connectivity index (χ4v) is 3.02. The first-order chi connectivity index (χ1) is 11.8. The number of aromatic nitrogens is 4. The summed E-state index contributed by atoms with van der Waals surface area (Å²) in [6, 6.07) is 7.28. The van der Waals surface area contributed by atoms with Crippen LogP contribution in [0.3, 0.4) is 0 Å². The van der Waals surface area contributed by atoms with Gasteiger partial charge in [-0.2, -0.15) is 5.10 Å². The Kier molecular flexibility index (Phi) is 4.00. The molecule has 0 saturated carbocycles. The molecule has 0 spiro atoms. The van der Waals surface area contributed by atoms with E-state index in [4.69, 9.17) is 0 Å². The van der Waals surface area contributed by atoms with Gasteiger partial charge in [-0.25, -0.2) is 14.1 Å². The second kappa shape index (κ2) is 6.45. The third kappa shape index (κ3) is 3.03. The highest BCUT2D eigenvalue weighted by Gasteiger charge is 2.17. The number of rotatable bonds is 5. The van der Waals surface area contributed by atoms with Gasteiger partial charge in [-0.1, -0.05) is 6.07 Å².